The van der Waals surface area contributed by atoms with Gasteiger partial charge >= 0.3 is 11.9 Å². The lowest BCUT2D eigenvalue weighted by Crippen LogP contribution is -2.22. The number of anilines is 1. The summed E-state index contributed by atoms with van der Waals surface area (Å²) in [6.45, 7) is 5.37. The van der Waals surface area contributed by atoms with E-state index in [-0.39, 0.29) is 0 Å². The average molecular weight is 289 g/mol. The highest BCUT2D eigenvalue weighted by molar-refractivity contribution is 5.89. The molecule has 0 aliphatic rings. The van der Waals surface area contributed by atoms with E-state index in [1.807, 2.05) is 0 Å². The third-order valence-electron chi connectivity index (χ3n) is 2.33. The van der Waals surface area contributed by atoms with Crippen molar-refractivity contribution in [1.29, 1.82) is 0 Å². The molecule has 0 saturated carbocycles. The maximum atomic E-state index is 11.6. The number of nitrogen functional groups attached to an aromatic ring is 1. The molecule has 112 valence electrons. The lowest BCUT2D eigenvalue weighted by molar-refractivity contribution is -0.148. The van der Waals surface area contributed by atoms with Crippen LogP contribution >= 0.6 is 0 Å². The minimum Gasteiger partial charge on any atom is -0.478 e. The fraction of sp³-hybridized carbons (Fsp3) is 0.250. The maximum absolute atomic E-state index is 11.6. The number of aliphatic carboxylic acids is 1. The van der Waals surface area contributed by atoms with Gasteiger partial charge in [0.05, 0.1) is 0 Å². The Kier molecular flexibility index (Phi) is 5.30. The van der Waals surface area contributed by atoms with Crippen LogP contribution in [0.3, 0.4) is 0 Å². The predicted octanol–water partition coefficient (Wildman–Crippen LogP) is 2.72. The highest BCUT2D eigenvalue weighted by Gasteiger charge is 2.13. The number of rotatable bonds is 4. The van der Waals surface area contributed by atoms with E-state index in [0.717, 1.165) is 6.08 Å². The Bertz CT molecular complexity index is 595. The monoisotopic (exact) mass is 289 g/mol. The van der Waals surface area contributed by atoms with Gasteiger partial charge in [0.2, 0.25) is 0 Å². The number of ether oxygens (including phenoxy) is 1. The molecule has 0 radical (unpaired) electrons. The first-order valence-corrected chi connectivity index (χ1v) is 6.39. The number of hydrogen-bond acceptors (Lipinski definition) is 4. The Morgan fingerprint density at radius 3 is 2.38 bits per heavy atom. The number of nitrogens with two attached hydrogens (primary N) is 1. The standard InChI is InChI=1S/C16H19NO4/c1-16(2,3)21-15(20)9-7-12-6-4-11(10-13(12)17)5-8-14(18)19/h4-10H,17H2,1-3H3,(H,18,19). The third-order valence-corrected chi connectivity index (χ3v) is 2.33. The summed E-state index contributed by atoms with van der Waals surface area (Å²) < 4.78 is 5.14. The number of esters is 1. The molecule has 1 rings (SSSR count). The van der Waals surface area contributed by atoms with Gasteiger partial charge in [-0.3, -0.25) is 0 Å². The summed E-state index contributed by atoms with van der Waals surface area (Å²) in [5.74, 6) is -1.47. The second kappa shape index (κ2) is 6.74. The molecule has 1 aromatic rings. The quantitative estimate of drug-likeness (QED) is 0.505. The van der Waals surface area contributed by atoms with Gasteiger partial charge in [0.15, 0.2) is 0 Å². The van der Waals surface area contributed by atoms with Crippen LogP contribution in [0.2, 0.25) is 0 Å². The Hall–Kier alpha value is -2.56. The van der Waals surface area contributed by atoms with Crippen molar-refractivity contribution >= 4 is 29.8 Å². The zero-order valence-corrected chi connectivity index (χ0v) is 12.3. The molecule has 1 aromatic carbocycles. The lowest BCUT2D eigenvalue weighted by atomic mass is 10.1. The van der Waals surface area contributed by atoms with E-state index in [0.29, 0.717) is 16.8 Å². The molecule has 0 amide bonds. The molecule has 0 spiro atoms. The minimum absolute atomic E-state index is 0.447. The van der Waals surface area contributed by atoms with Crippen LogP contribution in [0.4, 0.5) is 5.69 Å². The van der Waals surface area contributed by atoms with E-state index in [9.17, 15) is 9.59 Å². The predicted molar refractivity (Wildman–Crippen MR) is 82.4 cm³/mol. The van der Waals surface area contributed by atoms with Gasteiger partial charge < -0.3 is 15.6 Å². The summed E-state index contributed by atoms with van der Waals surface area (Å²) in [4.78, 5) is 22.0. The van der Waals surface area contributed by atoms with E-state index in [1.54, 1.807) is 45.0 Å². The first kappa shape index (κ1) is 16.5. The van der Waals surface area contributed by atoms with Crippen molar-refractivity contribution in [1.82, 2.24) is 0 Å². The van der Waals surface area contributed by atoms with Gasteiger partial charge in [-0.15, -0.1) is 0 Å². The summed E-state index contributed by atoms with van der Waals surface area (Å²) in [6.07, 6.45) is 5.35. The molecular weight excluding hydrogens is 270 g/mol. The molecule has 0 fully saturated rings. The van der Waals surface area contributed by atoms with Gasteiger partial charge in [-0.1, -0.05) is 12.1 Å². The number of carboxylic acids is 1. The topological polar surface area (TPSA) is 89.6 Å². The molecule has 5 heteroatoms. The van der Waals surface area contributed by atoms with Crippen molar-refractivity contribution in [2.75, 3.05) is 5.73 Å². The molecule has 0 aromatic heterocycles. The van der Waals surface area contributed by atoms with Gasteiger partial charge in [-0.2, -0.15) is 0 Å². The number of carbonyl (C=O) groups excluding carboxylic acids is 1. The molecule has 0 atom stereocenters. The fourth-order valence-corrected chi connectivity index (χ4v) is 1.51. The Balaban J connectivity index is 2.81. The fourth-order valence-electron chi connectivity index (χ4n) is 1.51. The SMILES string of the molecule is CC(C)(C)OC(=O)C=Cc1ccc(C=CC(=O)O)cc1N. The van der Waals surface area contributed by atoms with Crippen LogP contribution in [0.25, 0.3) is 12.2 Å². The van der Waals surface area contributed by atoms with Crippen molar-refractivity contribution in [2.24, 2.45) is 0 Å². The average Bonchev–Trinajstić information content (AvgIpc) is 2.33. The molecule has 0 saturated heterocycles. The molecule has 3 N–H and O–H groups in total. The lowest BCUT2D eigenvalue weighted by Gasteiger charge is -2.17. The van der Waals surface area contributed by atoms with E-state index >= 15 is 0 Å². The van der Waals surface area contributed by atoms with E-state index < -0.39 is 17.5 Å². The van der Waals surface area contributed by atoms with E-state index in [2.05, 4.69) is 0 Å². The van der Waals surface area contributed by atoms with Crippen molar-refractivity contribution in [3.8, 4) is 0 Å². The smallest absolute Gasteiger partial charge is 0.331 e. The minimum atomic E-state index is -1.03. The molecule has 21 heavy (non-hydrogen) atoms. The first-order chi connectivity index (χ1) is 9.67. The number of hydrogen-bond donors (Lipinski definition) is 2. The Morgan fingerprint density at radius 2 is 1.86 bits per heavy atom. The zero-order valence-electron chi connectivity index (χ0n) is 12.3. The summed E-state index contributed by atoms with van der Waals surface area (Å²) in [7, 11) is 0. The van der Waals surface area contributed by atoms with E-state index in [1.165, 1.54) is 12.2 Å². The Labute approximate surface area is 123 Å². The van der Waals surface area contributed by atoms with Crippen LogP contribution in [-0.2, 0) is 14.3 Å². The van der Waals surface area contributed by atoms with Crippen LogP contribution < -0.4 is 5.73 Å². The number of benzene rings is 1. The molecule has 5 nitrogen and oxygen atoms in total. The van der Waals surface area contributed by atoms with Gasteiger partial charge in [0.1, 0.15) is 5.60 Å². The normalized spacial score (nSPS) is 12.0. The van der Waals surface area contributed by atoms with Gasteiger partial charge in [-0.25, -0.2) is 9.59 Å². The van der Waals surface area contributed by atoms with E-state index in [4.69, 9.17) is 15.6 Å². The van der Waals surface area contributed by atoms with Gasteiger partial charge in [-0.05, 0) is 50.1 Å². The summed E-state index contributed by atoms with van der Waals surface area (Å²) >= 11 is 0. The molecule has 0 aliphatic heterocycles. The van der Waals surface area contributed by atoms with Gasteiger partial charge in [0.25, 0.3) is 0 Å². The number of carboxylic acid groups (broad SMARTS) is 1. The number of carbonyl (C=O) groups is 2. The van der Waals surface area contributed by atoms with Crippen LogP contribution in [0, 0.1) is 0 Å². The highest BCUT2D eigenvalue weighted by atomic mass is 16.6. The maximum Gasteiger partial charge on any atom is 0.331 e. The van der Waals surface area contributed by atoms with Crippen LogP contribution in [0.15, 0.2) is 30.4 Å². The Morgan fingerprint density at radius 1 is 1.19 bits per heavy atom. The molecule has 0 bridgehead atoms. The largest absolute Gasteiger partial charge is 0.478 e. The van der Waals surface area contributed by atoms with Crippen molar-refractivity contribution < 1.29 is 19.4 Å². The third kappa shape index (κ3) is 6.42. The highest BCUT2D eigenvalue weighted by Crippen LogP contribution is 2.17. The summed E-state index contributed by atoms with van der Waals surface area (Å²) in [5, 5.41) is 8.56. The second-order valence-corrected chi connectivity index (χ2v) is 5.43. The van der Waals surface area contributed by atoms with Crippen LogP contribution in [-0.4, -0.2) is 22.6 Å². The summed E-state index contributed by atoms with van der Waals surface area (Å²) in [6, 6.07) is 5.05. The summed E-state index contributed by atoms with van der Waals surface area (Å²) in [5.41, 5.74) is 7.09. The zero-order chi connectivity index (χ0) is 16.0. The van der Waals surface area contributed by atoms with Crippen molar-refractivity contribution in [3.05, 3.63) is 41.5 Å². The second-order valence-electron chi connectivity index (χ2n) is 5.43. The van der Waals surface area contributed by atoms with Crippen LogP contribution in [0.5, 0.6) is 0 Å². The molecule has 0 aliphatic carbocycles. The van der Waals surface area contributed by atoms with Crippen molar-refractivity contribution in [2.45, 2.75) is 26.4 Å². The molecule has 0 unspecified atom stereocenters. The van der Waals surface area contributed by atoms with Crippen molar-refractivity contribution in [3.63, 3.8) is 0 Å². The van der Waals surface area contributed by atoms with Crippen LogP contribution in [0.1, 0.15) is 31.9 Å². The first-order valence-electron chi connectivity index (χ1n) is 6.39. The molecule has 0 heterocycles. The molecular formula is C16H19NO4. The van der Waals surface area contributed by atoms with Gasteiger partial charge in [0, 0.05) is 17.8 Å².